The van der Waals surface area contributed by atoms with Crippen molar-refractivity contribution in [3.63, 3.8) is 0 Å². The van der Waals surface area contributed by atoms with Gasteiger partial charge in [0.15, 0.2) is 0 Å². The van der Waals surface area contributed by atoms with Crippen LogP contribution in [-0.2, 0) is 4.74 Å². The molecule has 0 aliphatic heterocycles. The lowest BCUT2D eigenvalue weighted by molar-refractivity contribution is 0.155. The molecule has 4 N–H and O–H groups in total. The Morgan fingerprint density at radius 1 is 1.54 bits per heavy atom. The molecule has 13 heavy (non-hydrogen) atoms. The second-order valence-electron chi connectivity index (χ2n) is 2.87. The Morgan fingerprint density at radius 3 is 2.69 bits per heavy atom. The molecule has 0 saturated carbocycles. The Balaban J connectivity index is 3.65. The van der Waals surface area contributed by atoms with Crippen molar-refractivity contribution in [2.75, 3.05) is 19.8 Å². The lowest BCUT2D eigenvalue weighted by Crippen LogP contribution is -2.44. The van der Waals surface area contributed by atoms with Gasteiger partial charge < -0.3 is 10.1 Å². The van der Waals surface area contributed by atoms with Gasteiger partial charge in [0, 0.05) is 12.6 Å². The molecular weight excluding hydrogens is 168 g/mol. The molecule has 0 aromatic carbocycles. The number of hydrazine groups is 1. The molecule has 0 aliphatic rings. The summed E-state index contributed by atoms with van der Waals surface area (Å²) in [4.78, 5) is 4.16. The van der Waals surface area contributed by atoms with E-state index in [0.717, 1.165) is 6.61 Å². The third kappa shape index (κ3) is 7.55. The van der Waals surface area contributed by atoms with Crippen molar-refractivity contribution in [3.05, 3.63) is 0 Å². The highest BCUT2D eigenvalue weighted by Crippen LogP contribution is 1.79. The second-order valence-corrected chi connectivity index (χ2v) is 2.87. The summed E-state index contributed by atoms with van der Waals surface area (Å²) >= 11 is 0. The third-order valence-corrected chi connectivity index (χ3v) is 1.27. The summed E-state index contributed by atoms with van der Waals surface area (Å²) in [6.45, 7) is 7.97. The van der Waals surface area contributed by atoms with E-state index in [9.17, 15) is 0 Å². The molecular formula is C8H20N4O. The molecule has 0 unspecified atom stereocenters. The lowest BCUT2D eigenvalue weighted by Gasteiger charge is -2.11. The first-order valence-electron chi connectivity index (χ1n) is 4.56. The molecule has 0 amide bonds. The number of aliphatic imine (C=N–C) groups is 1. The van der Waals surface area contributed by atoms with Gasteiger partial charge in [-0.15, -0.1) is 0 Å². The van der Waals surface area contributed by atoms with Crippen LogP contribution in [0.1, 0.15) is 20.8 Å². The van der Waals surface area contributed by atoms with Crippen molar-refractivity contribution < 1.29 is 4.74 Å². The predicted molar refractivity (Wildman–Crippen MR) is 54.4 cm³/mol. The summed E-state index contributed by atoms with van der Waals surface area (Å²) < 4.78 is 5.13. The highest BCUT2D eigenvalue weighted by molar-refractivity contribution is 5.79. The molecule has 0 aliphatic carbocycles. The number of hydrogen-bond donors (Lipinski definition) is 3. The van der Waals surface area contributed by atoms with E-state index in [1.54, 1.807) is 0 Å². The zero-order valence-corrected chi connectivity index (χ0v) is 8.63. The molecule has 0 saturated heterocycles. The second kappa shape index (κ2) is 7.82. The zero-order valence-electron chi connectivity index (χ0n) is 8.63. The van der Waals surface area contributed by atoms with Gasteiger partial charge >= 0.3 is 0 Å². The maximum Gasteiger partial charge on any atom is 0.206 e. The SMILES string of the molecule is CCOCCN=C(NN)NC(C)C. The average molecular weight is 188 g/mol. The van der Waals surface area contributed by atoms with E-state index in [0.29, 0.717) is 25.2 Å². The topological polar surface area (TPSA) is 71.7 Å². The van der Waals surface area contributed by atoms with Gasteiger partial charge in [0.1, 0.15) is 0 Å². The van der Waals surface area contributed by atoms with E-state index in [2.05, 4.69) is 15.7 Å². The molecule has 0 bridgehead atoms. The fourth-order valence-electron chi connectivity index (χ4n) is 0.773. The molecule has 78 valence electrons. The van der Waals surface area contributed by atoms with E-state index in [1.807, 2.05) is 20.8 Å². The molecule has 0 aromatic rings. The first-order valence-corrected chi connectivity index (χ1v) is 4.56. The molecule has 5 heteroatoms. The number of guanidine groups is 1. The van der Waals surface area contributed by atoms with E-state index in [-0.39, 0.29) is 0 Å². The summed E-state index contributed by atoms with van der Waals surface area (Å²) in [5, 5.41) is 3.06. The minimum Gasteiger partial charge on any atom is -0.380 e. The van der Waals surface area contributed by atoms with E-state index >= 15 is 0 Å². The Kier molecular flexibility index (Phi) is 7.33. The van der Waals surface area contributed by atoms with Crippen LogP contribution >= 0.6 is 0 Å². The van der Waals surface area contributed by atoms with Gasteiger partial charge in [-0.05, 0) is 20.8 Å². The van der Waals surface area contributed by atoms with E-state index in [1.165, 1.54) is 0 Å². The van der Waals surface area contributed by atoms with Crippen LogP contribution in [0.4, 0.5) is 0 Å². The molecule has 0 radical (unpaired) electrons. The molecule has 0 rings (SSSR count). The number of nitrogens with one attached hydrogen (secondary N) is 2. The number of rotatable bonds is 5. The van der Waals surface area contributed by atoms with Crippen molar-refractivity contribution in [1.29, 1.82) is 0 Å². The van der Waals surface area contributed by atoms with Crippen LogP contribution < -0.4 is 16.6 Å². The fourth-order valence-corrected chi connectivity index (χ4v) is 0.773. The van der Waals surface area contributed by atoms with Crippen molar-refractivity contribution >= 4 is 5.96 Å². The molecule has 0 spiro atoms. The van der Waals surface area contributed by atoms with Crippen LogP contribution in [0.3, 0.4) is 0 Å². The summed E-state index contributed by atoms with van der Waals surface area (Å²) in [6, 6.07) is 0.321. The minimum absolute atomic E-state index is 0.321. The van der Waals surface area contributed by atoms with E-state index in [4.69, 9.17) is 10.6 Å². The number of hydrogen-bond acceptors (Lipinski definition) is 3. The van der Waals surface area contributed by atoms with Crippen LogP contribution in [0.2, 0.25) is 0 Å². The van der Waals surface area contributed by atoms with Gasteiger partial charge in [0.25, 0.3) is 0 Å². The smallest absolute Gasteiger partial charge is 0.206 e. The van der Waals surface area contributed by atoms with Gasteiger partial charge in [-0.2, -0.15) is 0 Å². The van der Waals surface area contributed by atoms with Gasteiger partial charge in [0.2, 0.25) is 5.96 Å². The van der Waals surface area contributed by atoms with Crippen LogP contribution in [0.15, 0.2) is 4.99 Å². The largest absolute Gasteiger partial charge is 0.380 e. The molecule has 0 fully saturated rings. The van der Waals surface area contributed by atoms with E-state index < -0.39 is 0 Å². The predicted octanol–water partition coefficient (Wildman–Crippen LogP) is -0.160. The summed E-state index contributed by atoms with van der Waals surface area (Å²) in [5.41, 5.74) is 2.49. The summed E-state index contributed by atoms with van der Waals surface area (Å²) in [5.74, 6) is 5.86. The number of nitrogens with zero attached hydrogens (tertiary/aromatic N) is 1. The number of ether oxygens (including phenoxy) is 1. The Labute approximate surface area is 79.7 Å². The average Bonchev–Trinajstić information content (AvgIpc) is 2.09. The fraction of sp³-hybridized carbons (Fsp3) is 0.875. The maximum absolute atomic E-state index is 5.25. The van der Waals surface area contributed by atoms with Crippen LogP contribution in [-0.4, -0.2) is 31.8 Å². The number of nitrogens with two attached hydrogens (primary N) is 1. The molecule has 0 heterocycles. The first-order chi connectivity index (χ1) is 6.20. The first kappa shape index (κ1) is 12.2. The van der Waals surface area contributed by atoms with Crippen molar-refractivity contribution in [2.45, 2.75) is 26.8 Å². The molecule has 0 aromatic heterocycles. The zero-order chi connectivity index (χ0) is 10.1. The highest BCUT2D eigenvalue weighted by Gasteiger charge is 1.96. The normalized spacial score (nSPS) is 11.9. The standard InChI is InChI=1S/C8H20N4O/c1-4-13-6-5-10-8(12-9)11-7(2)3/h7H,4-6,9H2,1-3H3,(H2,10,11,12). The van der Waals surface area contributed by atoms with Gasteiger partial charge in [-0.3, -0.25) is 5.43 Å². The minimum atomic E-state index is 0.321. The van der Waals surface area contributed by atoms with Crippen molar-refractivity contribution in [3.8, 4) is 0 Å². The molecule has 5 nitrogen and oxygen atoms in total. The van der Waals surface area contributed by atoms with Crippen LogP contribution in [0, 0.1) is 0 Å². The van der Waals surface area contributed by atoms with Crippen molar-refractivity contribution in [1.82, 2.24) is 10.7 Å². The third-order valence-electron chi connectivity index (χ3n) is 1.27. The quantitative estimate of drug-likeness (QED) is 0.184. The Bertz CT molecular complexity index is 147. The van der Waals surface area contributed by atoms with Crippen molar-refractivity contribution in [2.24, 2.45) is 10.8 Å². The lowest BCUT2D eigenvalue weighted by atomic mass is 10.4. The monoisotopic (exact) mass is 188 g/mol. The summed E-state index contributed by atoms with van der Waals surface area (Å²) in [7, 11) is 0. The Hall–Kier alpha value is -0.810. The van der Waals surface area contributed by atoms with Gasteiger partial charge in [0.05, 0.1) is 13.2 Å². The van der Waals surface area contributed by atoms with Crippen LogP contribution in [0.25, 0.3) is 0 Å². The van der Waals surface area contributed by atoms with Gasteiger partial charge in [-0.1, -0.05) is 0 Å². The van der Waals surface area contributed by atoms with Crippen LogP contribution in [0.5, 0.6) is 0 Å². The molecule has 0 atom stereocenters. The Morgan fingerprint density at radius 2 is 2.23 bits per heavy atom. The maximum atomic E-state index is 5.25. The van der Waals surface area contributed by atoms with Gasteiger partial charge in [-0.25, -0.2) is 10.8 Å². The summed E-state index contributed by atoms with van der Waals surface area (Å²) in [6.07, 6.45) is 0. The highest BCUT2D eigenvalue weighted by atomic mass is 16.5.